The summed E-state index contributed by atoms with van der Waals surface area (Å²) in [5.41, 5.74) is 4.61. The summed E-state index contributed by atoms with van der Waals surface area (Å²) in [6.45, 7) is 6.14. The van der Waals surface area contributed by atoms with Gasteiger partial charge in [-0.2, -0.15) is 0 Å². The standard InChI is InChI=1S/C25H23NO4/c1-15-7-10-18(11-8-15)23(27)21-22(20-5-4-12-30-20)26(25(29)24(21)28)14-19-13-16(2)6-9-17(19)3/h4-13,22,27H,14H2,1-3H3/b23-21-. The number of aryl methyl sites for hydroxylation is 3. The van der Waals surface area contributed by atoms with Gasteiger partial charge < -0.3 is 14.4 Å². The molecule has 0 spiro atoms. The van der Waals surface area contributed by atoms with Gasteiger partial charge in [-0.3, -0.25) is 9.59 Å². The van der Waals surface area contributed by atoms with E-state index in [-0.39, 0.29) is 17.9 Å². The van der Waals surface area contributed by atoms with Gasteiger partial charge in [0.15, 0.2) is 0 Å². The third-order valence-corrected chi connectivity index (χ3v) is 5.52. The molecule has 1 amide bonds. The molecule has 2 aromatic carbocycles. The molecular formula is C25H23NO4. The SMILES string of the molecule is Cc1ccc(/C(O)=C2/C(=O)C(=O)N(Cc3cc(C)ccc3C)C2c2ccco2)cc1. The average molecular weight is 401 g/mol. The lowest BCUT2D eigenvalue weighted by Gasteiger charge is -2.24. The van der Waals surface area contributed by atoms with Gasteiger partial charge >= 0.3 is 0 Å². The van der Waals surface area contributed by atoms with E-state index in [4.69, 9.17) is 4.42 Å². The minimum Gasteiger partial charge on any atom is -0.507 e. The normalized spacial score (nSPS) is 18.2. The number of carbonyl (C=O) groups is 2. The molecule has 1 saturated heterocycles. The van der Waals surface area contributed by atoms with Gasteiger partial charge in [-0.1, -0.05) is 53.6 Å². The van der Waals surface area contributed by atoms with Crippen LogP contribution in [0.4, 0.5) is 0 Å². The predicted octanol–water partition coefficient (Wildman–Crippen LogP) is 4.83. The first-order valence-corrected chi connectivity index (χ1v) is 9.82. The molecule has 3 aromatic rings. The number of aliphatic hydroxyl groups excluding tert-OH is 1. The maximum atomic E-state index is 13.0. The summed E-state index contributed by atoms with van der Waals surface area (Å²) < 4.78 is 5.58. The highest BCUT2D eigenvalue weighted by molar-refractivity contribution is 6.46. The van der Waals surface area contributed by atoms with Crippen molar-refractivity contribution in [2.45, 2.75) is 33.4 Å². The molecule has 1 N–H and O–H groups in total. The summed E-state index contributed by atoms with van der Waals surface area (Å²) in [5.74, 6) is -1.11. The first kappa shape index (κ1) is 19.7. The molecule has 1 atom stereocenters. The molecule has 1 fully saturated rings. The third-order valence-electron chi connectivity index (χ3n) is 5.52. The molecule has 1 aliphatic heterocycles. The van der Waals surface area contributed by atoms with Crippen molar-refractivity contribution in [1.82, 2.24) is 4.90 Å². The Morgan fingerprint density at radius 2 is 1.70 bits per heavy atom. The number of likely N-dealkylation sites (tertiary alicyclic amines) is 1. The van der Waals surface area contributed by atoms with Crippen molar-refractivity contribution in [1.29, 1.82) is 0 Å². The Morgan fingerprint density at radius 3 is 2.37 bits per heavy atom. The van der Waals surface area contributed by atoms with Gasteiger partial charge in [-0.15, -0.1) is 0 Å². The number of carbonyl (C=O) groups excluding carboxylic acids is 2. The van der Waals surface area contributed by atoms with E-state index in [2.05, 4.69) is 0 Å². The van der Waals surface area contributed by atoms with E-state index in [9.17, 15) is 14.7 Å². The van der Waals surface area contributed by atoms with E-state index >= 15 is 0 Å². The van der Waals surface area contributed by atoms with Crippen molar-refractivity contribution >= 4 is 17.4 Å². The van der Waals surface area contributed by atoms with Crippen LogP contribution in [0.5, 0.6) is 0 Å². The van der Waals surface area contributed by atoms with E-state index < -0.39 is 17.7 Å². The minimum atomic E-state index is -0.791. The van der Waals surface area contributed by atoms with Gasteiger partial charge in [0.1, 0.15) is 17.6 Å². The van der Waals surface area contributed by atoms with Crippen LogP contribution in [0, 0.1) is 20.8 Å². The van der Waals surface area contributed by atoms with Crippen molar-refractivity contribution in [3.63, 3.8) is 0 Å². The van der Waals surface area contributed by atoms with Crippen molar-refractivity contribution in [3.05, 3.63) is 100 Å². The number of nitrogens with zero attached hydrogens (tertiary/aromatic N) is 1. The number of hydrogen-bond donors (Lipinski definition) is 1. The second kappa shape index (κ2) is 7.67. The van der Waals surface area contributed by atoms with Gasteiger partial charge in [-0.25, -0.2) is 0 Å². The number of hydrogen-bond acceptors (Lipinski definition) is 4. The zero-order valence-electron chi connectivity index (χ0n) is 17.2. The molecule has 5 nitrogen and oxygen atoms in total. The zero-order valence-corrected chi connectivity index (χ0v) is 17.2. The van der Waals surface area contributed by atoms with E-state index in [1.165, 1.54) is 11.2 Å². The monoisotopic (exact) mass is 401 g/mol. The number of ketones is 1. The molecule has 0 aliphatic carbocycles. The van der Waals surface area contributed by atoms with Crippen LogP contribution >= 0.6 is 0 Å². The molecule has 4 rings (SSSR count). The van der Waals surface area contributed by atoms with Gasteiger partial charge in [0.2, 0.25) is 0 Å². The number of Topliss-reactive ketones (excluding diaryl/α,β-unsaturated/α-hetero) is 1. The van der Waals surface area contributed by atoms with Crippen molar-refractivity contribution in [2.75, 3.05) is 0 Å². The van der Waals surface area contributed by atoms with E-state index in [1.807, 2.05) is 51.1 Å². The largest absolute Gasteiger partial charge is 0.507 e. The Bertz CT molecular complexity index is 1140. The number of furan rings is 1. The third kappa shape index (κ3) is 3.43. The quantitative estimate of drug-likeness (QED) is 0.386. The fourth-order valence-electron chi connectivity index (χ4n) is 3.81. The van der Waals surface area contributed by atoms with Gasteiger partial charge in [-0.05, 0) is 44.0 Å². The number of amides is 1. The smallest absolute Gasteiger partial charge is 0.296 e. The lowest BCUT2D eigenvalue weighted by molar-refractivity contribution is -0.140. The van der Waals surface area contributed by atoms with Crippen LogP contribution in [0.25, 0.3) is 5.76 Å². The Balaban J connectivity index is 1.84. The van der Waals surface area contributed by atoms with Crippen LogP contribution in [0.3, 0.4) is 0 Å². The molecule has 2 heterocycles. The van der Waals surface area contributed by atoms with Crippen molar-refractivity contribution in [3.8, 4) is 0 Å². The molecule has 0 radical (unpaired) electrons. The summed E-state index contributed by atoms with van der Waals surface area (Å²) in [5, 5.41) is 11.0. The van der Waals surface area contributed by atoms with Crippen LogP contribution in [0.2, 0.25) is 0 Å². The topological polar surface area (TPSA) is 70.8 Å². The highest BCUT2D eigenvalue weighted by Gasteiger charge is 2.47. The fraction of sp³-hybridized carbons (Fsp3) is 0.200. The zero-order chi connectivity index (χ0) is 21.4. The highest BCUT2D eigenvalue weighted by atomic mass is 16.3. The van der Waals surface area contributed by atoms with Crippen LogP contribution in [-0.4, -0.2) is 21.7 Å². The average Bonchev–Trinajstić information content (AvgIpc) is 3.33. The first-order chi connectivity index (χ1) is 14.4. The van der Waals surface area contributed by atoms with Crippen molar-refractivity contribution in [2.24, 2.45) is 0 Å². The summed E-state index contributed by atoms with van der Waals surface area (Å²) in [6, 6.07) is 15.8. The second-order valence-corrected chi connectivity index (χ2v) is 7.74. The van der Waals surface area contributed by atoms with E-state index in [0.717, 1.165) is 22.3 Å². The summed E-state index contributed by atoms with van der Waals surface area (Å²) >= 11 is 0. The molecule has 5 heteroatoms. The maximum Gasteiger partial charge on any atom is 0.296 e. The Morgan fingerprint density at radius 1 is 1.00 bits per heavy atom. The molecule has 0 bridgehead atoms. The maximum absolute atomic E-state index is 13.0. The van der Waals surface area contributed by atoms with Gasteiger partial charge in [0, 0.05) is 12.1 Å². The van der Waals surface area contributed by atoms with Crippen LogP contribution in [-0.2, 0) is 16.1 Å². The minimum absolute atomic E-state index is 0.0455. The Labute approximate surface area is 175 Å². The molecule has 30 heavy (non-hydrogen) atoms. The van der Waals surface area contributed by atoms with Crippen molar-refractivity contribution < 1.29 is 19.1 Å². The molecule has 1 aliphatic rings. The van der Waals surface area contributed by atoms with E-state index in [1.54, 1.807) is 24.3 Å². The summed E-state index contributed by atoms with van der Waals surface area (Å²) in [6.07, 6.45) is 1.50. The predicted molar refractivity (Wildman–Crippen MR) is 114 cm³/mol. The van der Waals surface area contributed by atoms with Gasteiger partial charge in [0.05, 0.1) is 11.8 Å². The second-order valence-electron chi connectivity index (χ2n) is 7.74. The lowest BCUT2D eigenvalue weighted by atomic mass is 9.98. The van der Waals surface area contributed by atoms with Gasteiger partial charge in [0.25, 0.3) is 11.7 Å². The lowest BCUT2D eigenvalue weighted by Crippen LogP contribution is -2.29. The summed E-state index contributed by atoms with van der Waals surface area (Å²) in [4.78, 5) is 27.5. The van der Waals surface area contributed by atoms with Crippen LogP contribution < -0.4 is 0 Å². The molecular weight excluding hydrogens is 378 g/mol. The number of rotatable bonds is 4. The molecule has 1 unspecified atom stereocenters. The van der Waals surface area contributed by atoms with Crippen LogP contribution in [0.1, 0.15) is 39.6 Å². The number of benzene rings is 2. The Kier molecular flexibility index (Phi) is 5.04. The fourth-order valence-corrected chi connectivity index (χ4v) is 3.81. The van der Waals surface area contributed by atoms with Crippen LogP contribution in [0.15, 0.2) is 70.9 Å². The first-order valence-electron chi connectivity index (χ1n) is 9.82. The summed E-state index contributed by atoms with van der Waals surface area (Å²) in [7, 11) is 0. The molecule has 0 saturated carbocycles. The van der Waals surface area contributed by atoms with E-state index in [0.29, 0.717) is 11.3 Å². The highest BCUT2D eigenvalue weighted by Crippen LogP contribution is 2.40. The molecule has 1 aromatic heterocycles. The number of aliphatic hydroxyl groups is 1. The Hall–Kier alpha value is -3.60. The molecule has 152 valence electrons.